The van der Waals surface area contributed by atoms with E-state index in [9.17, 15) is 4.39 Å². The van der Waals surface area contributed by atoms with E-state index >= 15 is 0 Å². The average Bonchev–Trinajstić information content (AvgIpc) is 2.87. The molecule has 96 valence electrons. The maximum atomic E-state index is 13.6. The third kappa shape index (κ3) is 2.92. The number of aromatic nitrogens is 3. The maximum Gasteiger partial charge on any atom is 0.224 e. The highest BCUT2D eigenvalue weighted by molar-refractivity contribution is 7.09. The van der Waals surface area contributed by atoms with Crippen LogP contribution in [0.5, 0.6) is 0 Å². The van der Waals surface area contributed by atoms with E-state index in [1.54, 1.807) is 6.20 Å². The zero-order valence-electron chi connectivity index (χ0n) is 10.1. The van der Waals surface area contributed by atoms with Gasteiger partial charge in [-0.1, -0.05) is 0 Å². The van der Waals surface area contributed by atoms with Gasteiger partial charge in [0.15, 0.2) is 11.6 Å². The predicted octanol–water partition coefficient (Wildman–Crippen LogP) is 2.68. The molecule has 0 aliphatic heterocycles. The minimum absolute atomic E-state index is 0.0936. The van der Waals surface area contributed by atoms with Gasteiger partial charge in [0.2, 0.25) is 5.95 Å². The number of nitrogens with zero attached hydrogens (tertiary/aromatic N) is 3. The standard InChI is InChI=1S/C11H14FN5S/c1-3-13-11-15-6-8(12)9(17-11)16-7(2)10-14-4-5-18-10/h4-7H,3H2,1-2H3,(H2,13,15,16,17). The first-order chi connectivity index (χ1) is 8.70. The van der Waals surface area contributed by atoms with Gasteiger partial charge in [-0.15, -0.1) is 11.3 Å². The Bertz CT molecular complexity index is 502. The van der Waals surface area contributed by atoms with Crippen LogP contribution < -0.4 is 10.6 Å². The fourth-order valence-electron chi connectivity index (χ4n) is 1.43. The topological polar surface area (TPSA) is 62.7 Å². The molecule has 18 heavy (non-hydrogen) atoms. The van der Waals surface area contributed by atoms with Gasteiger partial charge >= 0.3 is 0 Å². The number of halogens is 1. The molecule has 2 heterocycles. The van der Waals surface area contributed by atoms with Crippen molar-refractivity contribution in [2.45, 2.75) is 19.9 Å². The van der Waals surface area contributed by atoms with E-state index in [1.807, 2.05) is 19.2 Å². The molecule has 2 aromatic rings. The summed E-state index contributed by atoms with van der Waals surface area (Å²) < 4.78 is 13.6. The molecule has 5 nitrogen and oxygen atoms in total. The summed E-state index contributed by atoms with van der Waals surface area (Å²) in [6, 6.07) is -0.0936. The third-order valence-electron chi connectivity index (χ3n) is 2.25. The molecule has 1 unspecified atom stereocenters. The Hall–Kier alpha value is -1.76. The molecule has 0 saturated carbocycles. The van der Waals surface area contributed by atoms with Crippen molar-refractivity contribution in [3.05, 3.63) is 28.6 Å². The minimum atomic E-state index is -0.472. The maximum absolute atomic E-state index is 13.6. The second kappa shape index (κ2) is 5.72. The van der Waals surface area contributed by atoms with Crippen LogP contribution in [0.2, 0.25) is 0 Å². The summed E-state index contributed by atoms with van der Waals surface area (Å²) in [6.45, 7) is 4.53. The van der Waals surface area contributed by atoms with E-state index in [4.69, 9.17) is 0 Å². The quantitative estimate of drug-likeness (QED) is 0.872. The monoisotopic (exact) mass is 267 g/mol. The van der Waals surface area contributed by atoms with Gasteiger partial charge in [0.25, 0.3) is 0 Å². The molecule has 0 aromatic carbocycles. The molecular weight excluding hydrogens is 253 g/mol. The molecule has 0 aliphatic carbocycles. The summed E-state index contributed by atoms with van der Waals surface area (Å²) >= 11 is 1.52. The first-order valence-electron chi connectivity index (χ1n) is 5.63. The van der Waals surface area contributed by atoms with Crippen molar-refractivity contribution in [2.75, 3.05) is 17.2 Å². The first-order valence-corrected chi connectivity index (χ1v) is 6.51. The molecular formula is C11H14FN5S. The molecule has 2 rings (SSSR count). The van der Waals surface area contributed by atoms with Crippen molar-refractivity contribution in [3.63, 3.8) is 0 Å². The van der Waals surface area contributed by atoms with Crippen LogP contribution in [0.15, 0.2) is 17.8 Å². The van der Waals surface area contributed by atoms with Gasteiger partial charge in [0.1, 0.15) is 5.01 Å². The van der Waals surface area contributed by atoms with E-state index in [0.717, 1.165) is 11.2 Å². The van der Waals surface area contributed by atoms with Crippen LogP contribution in [0.4, 0.5) is 16.2 Å². The van der Waals surface area contributed by atoms with Crippen LogP contribution in [0.1, 0.15) is 24.9 Å². The number of anilines is 2. The second-order valence-corrected chi connectivity index (χ2v) is 4.58. The zero-order valence-corrected chi connectivity index (χ0v) is 11.0. The van der Waals surface area contributed by atoms with Crippen LogP contribution in [-0.2, 0) is 0 Å². The highest BCUT2D eigenvalue weighted by atomic mass is 32.1. The van der Waals surface area contributed by atoms with E-state index in [0.29, 0.717) is 12.5 Å². The van der Waals surface area contributed by atoms with Gasteiger partial charge in [0.05, 0.1) is 12.2 Å². The summed E-state index contributed by atoms with van der Waals surface area (Å²) in [5.41, 5.74) is 0. The van der Waals surface area contributed by atoms with Crippen LogP contribution in [0.3, 0.4) is 0 Å². The zero-order chi connectivity index (χ0) is 13.0. The predicted molar refractivity (Wildman–Crippen MR) is 70.3 cm³/mol. The summed E-state index contributed by atoms with van der Waals surface area (Å²) in [6.07, 6.45) is 2.88. The number of thiazole rings is 1. The van der Waals surface area contributed by atoms with E-state index < -0.39 is 5.82 Å². The van der Waals surface area contributed by atoms with Crippen molar-refractivity contribution in [1.82, 2.24) is 15.0 Å². The lowest BCUT2D eigenvalue weighted by Crippen LogP contribution is -2.11. The largest absolute Gasteiger partial charge is 0.359 e. The molecule has 0 fully saturated rings. The average molecular weight is 267 g/mol. The Kier molecular flexibility index (Phi) is 4.03. The smallest absolute Gasteiger partial charge is 0.224 e. The molecule has 2 aromatic heterocycles. The second-order valence-electron chi connectivity index (χ2n) is 3.66. The van der Waals surface area contributed by atoms with Crippen LogP contribution in [-0.4, -0.2) is 21.5 Å². The van der Waals surface area contributed by atoms with Gasteiger partial charge in [-0.2, -0.15) is 4.98 Å². The van der Waals surface area contributed by atoms with E-state index in [-0.39, 0.29) is 11.9 Å². The van der Waals surface area contributed by atoms with Crippen molar-refractivity contribution >= 4 is 23.1 Å². The van der Waals surface area contributed by atoms with Crippen LogP contribution >= 0.6 is 11.3 Å². The molecule has 0 amide bonds. The number of hydrogen-bond acceptors (Lipinski definition) is 6. The molecule has 0 spiro atoms. The minimum Gasteiger partial charge on any atom is -0.359 e. The fraction of sp³-hybridized carbons (Fsp3) is 0.364. The van der Waals surface area contributed by atoms with Crippen LogP contribution in [0, 0.1) is 5.82 Å². The Morgan fingerprint density at radius 2 is 2.28 bits per heavy atom. The summed E-state index contributed by atoms with van der Waals surface area (Å²) in [7, 11) is 0. The Morgan fingerprint density at radius 3 is 2.94 bits per heavy atom. The normalized spacial score (nSPS) is 12.2. The summed E-state index contributed by atoms with van der Waals surface area (Å²) in [5, 5.41) is 8.70. The Labute approximate surface area is 109 Å². The van der Waals surface area contributed by atoms with Gasteiger partial charge in [0, 0.05) is 18.1 Å². The molecule has 2 N–H and O–H groups in total. The molecule has 0 bridgehead atoms. The summed E-state index contributed by atoms with van der Waals surface area (Å²) in [5.74, 6) is 0.122. The SMILES string of the molecule is CCNc1ncc(F)c(NC(C)c2nccs2)n1. The highest BCUT2D eigenvalue weighted by Crippen LogP contribution is 2.21. The molecule has 7 heteroatoms. The first kappa shape index (κ1) is 12.7. The molecule has 0 radical (unpaired) electrons. The van der Waals surface area contributed by atoms with E-state index in [1.165, 1.54) is 11.3 Å². The summed E-state index contributed by atoms with van der Waals surface area (Å²) in [4.78, 5) is 12.1. The van der Waals surface area contributed by atoms with E-state index in [2.05, 4.69) is 25.6 Å². The molecule has 0 saturated heterocycles. The van der Waals surface area contributed by atoms with Crippen molar-refractivity contribution in [2.24, 2.45) is 0 Å². The molecule has 1 atom stereocenters. The lowest BCUT2D eigenvalue weighted by Gasteiger charge is -2.13. The third-order valence-corrected chi connectivity index (χ3v) is 3.21. The lowest BCUT2D eigenvalue weighted by molar-refractivity contribution is 0.614. The Morgan fingerprint density at radius 1 is 1.44 bits per heavy atom. The van der Waals surface area contributed by atoms with Gasteiger partial charge in [-0.05, 0) is 13.8 Å². The Balaban J connectivity index is 2.15. The van der Waals surface area contributed by atoms with Gasteiger partial charge in [-0.3, -0.25) is 0 Å². The number of rotatable bonds is 5. The van der Waals surface area contributed by atoms with Crippen molar-refractivity contribution in [1.29, 1.82) is 0 Å². The lowest BCUT2D eigenvalue weighted by atomic mass is 10.3. The van der Waals surface area contributed by atoms with Gasteiger partial charge in [-0.25, -0.2) is 14.4 Å². The number of nitrogens with one attached hydrogen (secondary N) is 2. The number of hydrogen-bond donors (Lipinski definition) is 2. The van der Waals surface area contributed by atoms with Crippen molar-refractivity contribution < 1.29 is 4.39 Å². The van der Waals surface area contributed by atoms with Crippen molar-refractivity contribution in [3.8, 4) is 0 Å². The highest BCUT2D eigenvalue weighted by Gasteiger charge is 2.12. The molecule has 0 aliphatic rings. The fourth-order valence-corrected chi connectivity index (χ4v) is 2.07. The van der Waals surface area contributed by atoms with Crippen LogP contribution in [0.25, 0.3) is 0 Å². The van der Waals surface area contributed by atoms with Gasteiger partial charge < -0.3 is 10.6 Å².